The first-order valence-corrected chi connectivity index (χ1v) is 7.07. The Balaban J connectivity index is 3.69. The summed E-state index contributed by atoms with van der Waals surface area (Å²) in [4.78, 5) is 11.4. The standard InChI is InChI=1S/C15H30O2/c1-6-8-9-10-14(16)17-12-13(3)11-15(4,5)7-2/h13H,6-12H2,1-5H3. The molecule has 0 aliphatic heterocycles. The van der Waals surface area contributed by atoms with Gasteiger partial charge in [-0.25, -0.2) is 0 Å². The highest BCUT2D eigenvalue weighted by Crippen LogP contribution is 2.28. The van der Waals surface area contributed by atoms with Gasteiger partial charge in [-0.1, -0.05) is 53.9 Å². The Morgan fingerprint density at radius 2 is 1.88 bits per heavy atom. The number of esters is 1. The molecule has 2 nitrogen and oxygen atoms in total. The first-order chi connectivity index (χ1) is 7.91. The molecular formula is C15H30O2. The van der Waals surface area contributed by atoms with Gasteiger partial charge in [0, 0.05) is 6.42 Å². The molecule has 0 saturated heterocycles. The van der Waals surface area contributed by atoms with Crippen molar-refractivity contribution in [3.63, 3.8) is 0 Å². The molecule has 0 heterocycles. The average Bonchev–Trinajstić information content (AvgIpc) is 2.26. The van der Waals surface area contributed by atoms with Gasteiger partial charge in [0.15, 0.2) is 0 Å². The Labute approximate surface area is 107 Å². The van der Waals surface area contributed by atoms with Crippen LogP contribution in [0.5, 0.6) is 0 Å². The molecule has 0 aromatic rings. The topological polar surface area (TPSA) is 26.3 Å². The maximum Gasteiger partial charge on any atom is 0.305 e. The molecule has 0 spiro atoms. The summed E-state index contributed by atoms with van der Waals surface area (Å²) in [6, 6.07) is 0. The van der Waals surface area contributed by atoms with E-state index in [2.05, 4.69) is 34.6 Å². The molecule has 0 fully saturated rings. The first kappa shape index (κ1) is 16.5. The van der Waals surface area contributed by atoms with E-state index in [4.69, 9.17) is 4.74 Å². The molecule has 0 aromatic heterocycles. The molecule has 1 unspecified atom stereocenters. The lowest BCUT2D eigenvalue weighted by atomic mass is 9.81. The lowest BCUT2D eigenvalue weighted by Gasteiger charge is -2.26. The van der Waals surface area contributed by atoms with Crippen LogP contribution in [0.25, 0.3) is 0 Å². The Bertz CT molecular complexity index is 209. The van der Waals surface area contributed by atoms with Gasteiger partial charge in [-0.3, -0.25) is 4.79 Å². The smallest absolute Gasteiger partial charge is 0.305 e. The Kier molecular flexibility index (Phi) is 8.28. The van der Waals surface area contributed by atoms with Gasteiger partial charge in [-0.05, 0) is 24.2 Å². The number of carbonyl (C=O) groups is 1. The fraction of sp³-hybridized carbons (Fsp3) is 0.933. The number of rotatable bonds is 9. The van der Waals surface area contributed by atoms with Crippen LogP contribution in [-0.2, 0) is 9.53 Å². The van der Waals surface area contributed by atoms with Crippen LogP contribution in [-0.4, -0.2) is 12.6 Å². The minimum Gasteiger partial charge on any atom is -0.465 e. The monoisotopic (exact) mass is 242 g/mol. The van der Waals surface area contributed by atoms with Gasteiger partial charge in [-0.2, -0.15) is 0 Å². The van der Waals surface area contributed by atoms with Crippen molar-refractivity contribution in [2.24, 2.45) is 11.3 Å². The molecule has 0 bridgehead atoms. The van der Waals surface area contributed by atoms with Gasteiger partial charge < -0.3 is 4.74 Å². The van der Waals surface area contributed by atoms with Crippen LogP contribution in [0.15, 0.2) is 0 Å². The zero-order chi connectivity index (χ0) is 13.3. The lowest BCUT2D eigenvalue weighted by Crippen LogP contribution is -2.19. The van der Waals surface area contributed by atoms with E-state index in [-0.39, 0.29) is 5.97 Å². The van der Waals surface area contributed by atoms with Crippen molar-refractivity contribution < 1.29 is 9.53 Å². The number of hydrogen-bond acceptors (Lipinski definition) is 2. The van der Waals surface area contributed by atoms with Gasteiger partial charge in [0.2, 0.25) is 0 Å². The van der Waals surface area contributed by atoms with Gasteiger partial charge in [-0.15, -0.1) is 0 Å². The van der Waals surface area contributed by atoms with Gasteiger partial charge in [0.1, 0.15) is 0 Å². The van der Waals surface area contributed by atoms with Crippen LogP contribution in [0.3, 0.4) is 0 Å². The third-order valence-electron chi connectivity index (χ3n) is 3.37. The minimum absolute atomic E-state index is 0.0281. The van der Waals surface area contributed by atoms with Crippen LogP contribution >= 0.6 is 0 Å². The van der Waals surface area contributed by atoms with Crippen molar-refractivity contribution in [1.82, 2.24) is 0 Å². The normalized spacial score (nSPS) is 13.5. The summed E-state index contributed by atoms with van der Waals surface area (Å²) >= 11 is 0. The van der Waals surface area contributed by atoms with E-state index in [0.29, 0.717) is 24.4 Å². The van der Waals surface area contributed by atoms with Crippen molar-refractivity contribution >= 4 is 5.97 Å². The molecule has 0 amide bonds. The zero-order valence-corrected chi connectivity index (χ0v) is 12.3. The number of unbranched alkanes of at least 4 members (excludes halogenated alkanes) is 2. The molecule has 0 N–H and O–H groups in total. The number of hydrogen-bond donors (Lipinski definition) is 0. The maximum absolute atomic E-state index is 11.4. The largest absolute Gasteiger partial charge is 0.465 e. The highest BCUT2D eigenvalue weighted by molar-refractivity contribution is 5.69. The number of carbonyl (C=O) groups excluding carboxylic acids is 1. The van der Waals surface area contributed by atoms with E-state index in [1.807, 2.05) is 0 Å². The molecule has 1 atom stereocenters. The molecule has 0 aliphatic carbocycles. The van der Waals surface area contributed by atoms with Crippen LogP contribution in [0.4, 0.5) is 0 Å². The van der Waals surface area contributed by atoms with Crippen molar-refractivity contribution in [3.05, 3.63) is 0 Å². The summed E-state index contributed by atoms with van der Waals surface area (Å²) in [6.07, 6.45) is 6.09. The van der Waals surface area contributed by atoms with Crippen LogP contribution in [0.1, 0.15) is 73.1 Å². The Morgan fingerprint density at radius 3 is 2.41 bits per heavy atom. The summed E-state index contributed by atoms with van der Waals surface area (Å²) in [5.41, 5.74) is 0.355. The maximum atomic E-state index is 11.4. The third-order valence-corrected chi connectivity index (χ3v) is 3.37. The molecule has 0 aliphatic rings. The molecule has 102 valence electrons. The second kappa shape index (κ2) is 8.54. The third kappa shape index (κ3) is 9.20. The highest BCUT2D eigenvalue weighted by atomic mass is 16.5. The second-order valence-corrected chi connectivity index (χ2v) is 5.97. The second-order valence-electron chi connectivity index (χ2n) is 5.97. The van der Waals surface area contributed by atoms with Crippen molar-refractivity contribution in [2.75, 3.05) is 6.61 Å². The van der Waals surface area contributed by atoms with E-state index in [1.165, 1.54) is 6.42 Å². The molecule has 2 heteroatoms. The average molecular weight is 242 g/mol. The number of ether oxygens (including phenoxy) is 1. The molecular weight excluding hydrogens is 212 g/mol. The van der Waals surface area contributed by atoms with E-state index in [1.54, 1.807) is 0 Å². The predicted octanol–water partition coefficient (Wildman–Crippen LogP) is 4.57. The van der Waals surface area contributed by atoms with Crippen LogP contribution in [0, 0.1) is 11.3 Å². The zero-order valence-electron chi connectivity index (χ0n) is 12.3. The van der Waals surface area contributed by atoms with E-state index >= 15 is 0 Å². The van der Waals surface area contributed by atoms with Gasteiger partial charge >= 0.3 is 5.97 Å². The van der Waals surface area contributed by atoms with Gasteiger partial charge in [0.05, 0.1) is 6.61 Å². The Morgan fingerprint density at radius 1 is 1.24 bits per heavy atom. The Hall–Kier alpha value is -0.530. The predicted molar refractivity (Wildman–Crippen MR) is 73.0 cm³/mol. The SMILES string of the molecule is CCCCCC(=O)OCC(C)CC(C)(C)CC. The van der Waals surface area contributed by atoms with Gasteiger partial charge in [0.25, 0.3) is 0 Å². The molecule has 0 rings (SSSR count). The summed E-state index contributed by atoms with van der Waals surface area (Å²) < 4.78 is 5.30. The molecule has 0 saturated carbocycles. The van der Waals surface area contributed by atoms with E-state index in [9.17, 15) is 4.79 Å². The highest BCUT2D eigenvalue weighted by Gasteiger charge is 2.19. The lowest BCUT2D eigenvalue weighted by molar-refractivity contribution is -0.145. The summed E-state index contributed by atoms with van der Waals surface area (Å²) in [5.74, 6) is 0.430. The van der Waals surface area contributed by atoms with Crippen molar-refractivity contribution in [2.45, 2.75) is 73.1 Å². The first-order valence-electron chi connectivity index (χ1n) is 7.07. The molecule has 0 radical (unpaired) electrons. The summed E-state index contributed by atoms with van der Waals surface area (Å²) in [7, 11) is 0. The minimum atomic E-state index is -0.0281. The summed E-state index contributed by atoms with van der Waals surface area (Å²) in [6.45, 7) is 11.6. The quantitative estimate of drug-likeness (QED) is 0.437. The van der Waals surface area contributed by atoms with Crippen molar-refractivity contribution in [3.8, 4) is 0 Å². The molecule has 0 aromatic carbocycles. The van der Waals surface area contributed by atoms with Crippen molar-refractivity contribution in [1.29, 1.82) is 0 Å². The van der Waals surface area contributed by atoms with Crippen LogP contribution in [0.2, 0.25) is 0 Å². The summed E-state index contributed by atoms with van der Waals surface area (Å²) in [5, 5.41) is 0. The van der Waals surface area contributed by atoms with E-state index in [0.717, 1.165) is 25.7 Å². The fourth-order valence-electron chi connectivity index (χ4n) is 1.97. The molecule has 17 heavy (non-hydrogen) atoms. The van der Waals surface area contributed by atoms with Crippen LogP contribution < -0.4 is 0 Å². The van der Waals surface area contributed by atoms with E-state index < -0.39 is 0 Å². The fourth-order valence-corrected chi connectivity index (χ4v) is 1.97.